The second kappa shape index (κ2) is 5.98. The number of aromatic nitrogens is 4. The molecule has 2 aromatic heterocycles. The normalized spacial score (nSPS) is 10.6. The maximum Gasteiger partial charge on any atom is 0.268 e. The van der Waals surface area contributed by atoms with E-state index < -0.39 is 0 Å². The molecular formula is C14H11ClN4O3. The van der Waals surface area contributed by atoms with Crippen molar-refractivity contribution in [1.82, 2.24) is 19.9 Å². The lowest BCUT2D eigenvalue weighted by atomic mass is 10.2. The maximum atomic E-state index is 11.7. The maximum absolute atomic E-state index is 11.7. The van der Waals surface area contributed by atoms with E-state index in [1.54, 1.807) is 13.2 Å². The standard InChI is InChI=1S/C14H11ClN4O3/c1-21-11-5-3-2-4-10(11)14-17-12(22-18-14)8-19-13(20)6-9(15)7-16-19/h2-7H,8H2,1H3. The summed E-state index contributed by atoms with van der Waals surface area (Å²) in [4.78, 5) is 16.0. The Morgan fingerprint density at radius 2 is 2.18 bits per heavy atom. The van der Waals surface area contributed by atoms with Gasteiger partial charge in [-0.3, -0.25) is 4.79 Å². The van der Waals surface area contributed by atoms with Crippen molar-refractivity contribution in [2.45, 2.75) is 6.54 Å². The molecule has 0 saturated heterocycles. The van der Waals surface area contributed by atoms with Gasteiger partial charge in [0.25, 0.3) is 5.56 Å². The Balaban J connectivity index is 1.89. The van der Waals surface area contributed by atoms with Crippen molar-refractivity contribution in [1.29, 1.82) is 0 Å². The fraction of sp³-hybridized carbons (Fsp3) is 0.143. The first-order valence-corrected chi connectivity index (χ1v) is 6.74. The van der Waals surface area contributed by atoms with Gasteiger partial charge in [0.2, 0.25) is 11.7 Å². The quantitative estimate of drug-likeness (QED) is 0.731. The molecule has 0 amide bonds. The van der Waals surface area contributed by atoms with E-state index in [0.717, 1.165) is 0 Å². The minimum atomic E-state index is -0.343. The van der Waals surface area contributed by atoms with Gasteiger partial charge in [-0.1, -0.05) is 28.9 Å². The second-order valence-electron chi connectivity index (χ2n) is 4.38. The lowest BCUT2D eigenvalue weighted by Crippen LogP contribution is -2.22. The Morgan fingerprint density at radius 1 is 1.36 bits per heavy atom. The van der Waals surface area contributed by atoms with Gasteiger partial charge in [-0.25, -0.2) is 4.68 Å². The molecule has 0 spiro atoms. The summed E-state index contributed by atoms with van der Waals surface area (Å²) in [6.07, 6.45) is 1.38. The number of hydrogen-bond donors (Lipinski definition) is 0. The molecule has 0 saturated carbocycles. The number of benzene rings is 1. The molecule has 0 aliphatic rings. The van der Waals surface area contributed by atoms with E-state index in [0.29, 0.717) is 17.1 Å². The van der Waals surface area contributed by atoms with Crippen molar-refractivity contribution in [2.75, 3.05) is 7.11 Å². The third kappa shape index (κ3) is 2.84. The molecule has 0 unspecified atom stereocenters. The highest BCUT2D eigenvalue weighted by Gasteiger charge is 2.13. The molecule has 3 rings (SSSR count). The van der Waals surface area contributed by atoms with Crippen LogP contribution in [-0.4, -0.2) is 27.0 Å². The van der Waals surface area contributed by atoms with E-state index in [2.05, 4.69) is 15.2 Å². The van der Waals surface area contributed by atoms with Crippen LogP contribution in [0.5, 0.6) is 5.75 Å². The summed E-state index contributed by atoms with van der Waals surface area (Å²) < 4.78 is 11.6. The summed E-state index contributed by atoms with van der Waals surface area (Å²) in [6.45, 7) is 0.0676. The number of para-hydroxylation sites is 1. The molecule has 2 heterocycles. The van der Waals surface area contributed by atoms with Crippen LogP contribution in [0.25, 0.3) is 11.4 Å². The van der Waals surface area contributed by atoms with Crippen molar-refractivity contribution in [2.24, 2.45) is 0 Å². The third-order valence-corrected chi connectivity index (χ3v) is 3.14. The van der Waals surface area contributed by atoms with Crippen molar-refractivity contribution in [3.63, 3.8) is 0 Å². The van der Waals surface area contributed by atoms with Crippen molar-refractivity contribution in [3.05, 3.63) is 57.8 Å². The Morgan fingerprint density at radius 3 is 2.95 bits per heavy atom. The van der Waals surface area contributed by atoms with Gasteiger partial charge in [0, 0.05) is 6.07 Å². The number of hydrogen-bond acceptors (Lipinski definition) is 6. The predicted molar refractivity (Wildman–Crippen MR) is 78.9 cm³/mol. The first-order chi connectivity index (χ1) is 10.7. The largest absolute Gasteiger partial charge is 0.496 e. The zero-order valence-corrected chi connectivity index (χ0v) is 12.3. The number of methoxy groups -OCH3 is 1. The topological polar surface area (TPSA) is 83.0 Å². The number of rotatable bonds is 4. The van der Waals surface area contributed by atoms with Crippen LogP contribution < -0.4 is 10.3 Å². The van der Waals surface area contributed by atoms with E-state index in [-0.39, 0.29) is 23.0 Å². The summed E-state index contributed by atoms with van der Waals surface area (Å²) in [5, 5.41) is 8.09. The molecular weight excluding hydrogens is 308 g/mol. The summed E-state index contributed by atoms with van der Waals surface area (Å²) in [5.74, 6) is 1.28. The highest BCUT2D eigenvalue weighted by Crippen LogP contribution is 2.26. The molecule has 0 N–H and O–H groups in total. The molecule has 1 aromatic carbocycles. The number of halogens is 1. The minimum absolute atomic E-state index is 0.0676. The summed E-state index contributed by atoms with van der Waals surface area (Å²) in [5.41, 5.74) is 0.362. The van der Waals surface area contributed by atoms with Crippen molar-refractivity contribution < 1.29 is 9.26 Å². The molecule has 0 aliphatic heterocycles. The molecule has 0 bridgehead atoms. The van der Waals surface area contributed by atoms with E-state index in [9.17, 15) is 4.79 Å². The average Bonchev–Trinajstić information content (AvgIpc) is 2.98. The second-order valence-corrected chi connectivity index (χ2v) is 4.82. The lowest BCUT2D eigenvalue weighted by Gasteiger charge is -2.03. The number of ether oxygens (including phenoxy) is 1. The summed E-state index contributed by atoms with van der Waals surface area (Å²) in [7, 11) is 1.57. The van der Waals surface area contributed by atoms with Crippen LogP contribution in [0.1, 0.15) is 5.89 Å². The van der Waals surface area contributed by atoms with Crippen LogP contribution in [0.4, 0.5) is 0 Å². The molecule has 0 aliphatic carbocycles. The highest BCUT2D eigenvalue weighted by atomic mass is 35.5. The lowest BCUT2D eigenvalue weighted by molar-refractivity contribution is 0.362. The van der Waals surface area contributed by atoms with Gasteiger partial charge in [-0.05, 0) is 12.1 Å². The number of nitrogens with zero attached hydrogens (tertiary/aromatic N) is 4. The van der Waals surface area contributed by atoms with Crippen LogP contribution in [0.15, 0.2) is 45.8 Å². The molecule has 22 heavy (non-hydrogen) atoms. The van der Waals surface area contributed by atoms with Gasteiger partial charge >= 0.3 is 0 Å². The van der Waals surface area contributed by atoms with E-state index in [1.807, 2.05) is 18.2 Å². The Kier molecular flexibility index (Phi) is 3.88. The van der Waals surface area contributed by atoms with E-state index >= 15 is 0 Å². The minimum Gasteiger partial charge on any atom is -0.496 e. The SMILES string of the molecule is COc1ccccc1-c1noc(Cn2ncc(Cl)cc2=O)n1. The van der Waals surface area contributed by atoms with Gasteiger partial charge in [0.05, 0.1) is 23.9 Å². The first-order valence-electron chi connectivity index (χ1n) is 6.36. The highest BCUT2D eigenvalue weighted by molar-refractivity contribution is 6.30. The molecule has 0 radical (unpaired) electrons. The van der Waals surface area contributed by atoms with E-state index in [4.69, 9.17) is 20.9 Å². The van der Waals surface area contributed by atoms with E-state index in [1.165, 1.54) is 16.9 Å². The van der Waals surface area contributed by atoms with Gasteiger partial charge in [0.15, 0.2) is 0 Å². The van der Waals surface area contributed by atoms with Crippen LogP contribution in [0, 0.1) is 0 Å². The summed E-state index contributed by atoms with van der Waals surface area (Å²) >= 11 is 5.70. The predicted octanol–water partition coefficient (Wildman–Crippen LogP) is 2.00. The fourth-order valence-corrected chi connectivity index (χ4v) is 2.05. The smallest absolute Gasteiger partial charge is 0.268 e. The molecule has 0 atom stereocenters. The van der Waals surface area contributed by atoms with Gasteiger partial charge in [-0.15, -0.1) is 0 Å². The molecule has 7 nitrogen and oxygen atoms in total. The Bertz CT molecular complexity index is 859. The Hall–Kier alpha value is -2.67. The van der Waals surface area contributed by atoms with Gasteiger partial charge < -0.3 is 9.26 Å². The Labute approximate surface area is 130 Å². The van der Waals surface area contributed by atoms with Gasteiger partial charge in [-0.2, -0.15) is 10.1 Å². The van der Waals surface area contributed by atoms with Crippen LogP contribution in [0.3, 0.4) is 0 Å². The van der Waals surface area contributed by atoms with Gasteiger partial charge in [0.1, 0.15) is 12.3 Å². The third-order valence-electron chi connectivity index (χ3n) is 2.94. The van der Waals surface area contributed by atoms with Crippen LogP contribution in [0.2, 0.25) is 5.02 Å². The van der Waals surface area contributed by atoms with Crippen molar-refractivity contribution in [3.8, 4) is 17.1 Å². The molecule has 3 aromatic rings. The molecule has 8 heteroatoms. The zero-order valence-electron chi connectivity index (χ0n) is 11.6. The monoisotopic (exact) mass is 318 g/mol. The zero-order chi connectivity index (χ0) is 15.5. The van der Waals surface area contributed by atoms with Crippen LogP contribution in [-0.2, 0) is 6.54 Å². The van der Waals surface area contributed by atoms with Crippen LogP contribution >= 0.6 is 11.6 Å². The average molecular weight is 319 g/mol. The molecule has 0 fully saturated rings. The summed E-state index contributed by atoms with van der Waals surface area (Å²) in [6, 6.07) is 8.59. The fourth-order valence-electron chi connectivity index (χ4n) is 1.92. The first kappa shape index (κ1) is 14.3. The van der Waals surface area contributed by atoms with Crippen molar-refractivity contribution >= 4 is 11.6 Å². The molecule has 112 valence electrons.